The SMILES string of the molecule is OC[C@H]1O[C@@H]2O[C@H]3[C@H](O)[C@@H](O)[C@@H](O[C@H]4[C@H](O)[C@@H](O)[C@@H](O[C@H]5[C@H](O)[C@@H](O)[C@@H](O[C@H]6[C@H](O)[C@@H](O)[C@@H](O[C@H]7[C@H](O)[C@@H](O)[C@@H](O[C@H]8[C@H](O)[C@@H](O)[C@@H](O[C@H]1[C@H](O)[C@H]2O)O[C@@H]8CO)O[C@@H]7CO)O[C@@H]6CO)O[C@@H]5COc1ccc2c5nc6nc(nc7[nH]c(nc8nc(nc([nH]5)c2c1)-c1ccccc1-8)c1ccccc71)-c1ccccc1-6)O[C@@H]4CO)O[C@@H]3CO. The molecule has 26 heterocycles. The molecule has 0 unspecified atom stereocenters. The molecule has 7 aromatic rings. The van der Waals surface area contributed by atoms with Gasteiger partial charge in [0, 0.05) is 43.8 Å². The molecule has 0 radical (unpaired) electrons. The van der Waals surface area contributed by atoms with Crippen LogP contribution in [0.2, 0.25) is 0 Å². The number of aliphatic hydroxyl groups excluding tert-OH is 20. The third kappa shape index (κ3) is 14.9. The Kier molecular flexibility index (Phi) is 23.5. The van der Waals surface area contributed by atoms with E-state index in [-0.39, 0.29) is 28.7 Å². The summed E-state index contributed by atoms with van der Waals surface area (Å²) in [5.41, 5.74) is 4.05. The number of nitrogens with one attached hydrogen (secondary N) is 2. The highest BCUT2D eigenvalue weighted by atomic mass is 16.8. The van der Waals surface area contributed by atoms with Gasteiger partial charge in [0.2, 0.25) is 0 Å². The third-order valence-electron chi connectivity index (χ3n) is 22.5. The number of aromatic amines is 2. The number of rotatable bonds is 9. The van der Waals surface area contributed by atoms with Crippen LogP contribution in [0.4, 0.5) is 0 Å². The van der Waals surface area contributed by atoms with Crippen molar-refractivity contribution in [3.63, 3.8) is 0 Å². The van der Waals surface area contributed by atoms with Gasteiger partial charge in [0.05, 0.1) is 39.6 Å². The first-order valence-electron chi connectivity index (χ1n) is 37.7. The van der Waals surface area contributed by atoms with Crippen molar-refractivity contribution in [2.75, 3.05) is 46.2 Å². The monoisotopic (exact) mass is 1650 g/mol. The van der Waals surface area contributed by atoms with Gasteiger partial charge in [-0.1, -0.05) is 72.8 Å². The van der Waals surface area contributed by atoms with Crippen molar-refractivity contribution in [3.8, 4) is 51.3 Å². The van der Waals surface area contributed by atoms with Crippen LogP contribution in [-0.2, 0) is 66.3 Å². The van der Waals surface area contributed by atoms with Gasteiger partial charge < -0.3 is 183 Å². The van der Waals surface area contributed by atoms with E-state index >= 15 is 0 Å². The summed E-state index contributed by atoms with van der Waals surface area (Å²) in [5.74, 6) is 1.26. The van der Waals surface area contributed by atoms with Crippen molar-refractivity contribution in [2.24, 2.45) is 0 Å². The average molecular weight is 1650 g/mol. The van der Waals surface area contributed by atoms with Crippen LogP contribution >= 0.6 is 0 Å². The number of H-pyrrole nitrogens is 2. The fraction of sp³-hybridized carbons (Fsp3) is 0.568. The summed E-state index contributed by atoms with van der Waals surface area (Å²) < 4.78 is 89.6. The highest BCUT2D eigenvalue weighted by Crippen LogP contribution is 2.43. The second-order valence-electron chi connectivity index (χ2n) is 29.7. The second-order valence-corrected chi connectivity index (χ2v) is 29.7. The van der Waals surface area contributed by atoms with Crippen LogP contribution in [0.3, 0.4) is 0 Å². The van der Waals surface area contributed by atoms with E-state index in [0.29, 0.717) is 56.0 Å². The molecule has 0 spiro atoms. The number of fused-ring (bicyclic) bond motifs is 20. The topological polar surface area (TPSA) is 652 Å². The molecule has 30 rings (SSSR count). The van der Waals surface area contributed by atoms with E-state index in [4.69, 9.17) is 101 Å². The Morgan fingerprint density at radius 2 is 0.470 bits per heavy atom. The Bertz CT molecular complexity index is 4850. The highest BCUT2D eigenvalue weighted by Gasteiger charge is 2.60. The number of nitrogens with zero attached hydrogens (tertiary/aromatic N) is 6. The highest BCUT2D eigenvalue weighted by molar-refractivity contribution is 6.06. The number of aromatic nitrogens is 8. The van der Waals surface area contributed by atoms with Crippen molar-refractivity contribution in [2.45, 2.75) is 215 Å². The molecule has 23 aliphatic rings. The van der Waals surface area contributed by atoms with Crippen LogP contribution < -0.4 is 4.74 Å². The molecule has 3 aromatic heterocycles. The molecule has 35 atom stereocenters. The Morgan fingerprint density at radius 1 is 0.248 bits per heavy atom. The van der Waals surface area contributed by atoms with E-state index in [1.165, 1.54) is 6.07 Å². The maximum absolute atomic E-state index is 12.4. The van der Waals surface area contributed by atoms with Gasteiger partial charge in [-0.15, -0.1) is 0 Å². The zero-order valence-electron chi connectivity index (χ0n) is 61.1. The van der Waals surface area contributed by atoms with Crippen LogP contribution in [0, 0.1) is 0 Å². The van der Waals surface area contributed by atoms with Crippen molar-refractivity contribution in [1.29, 1.82) is 0 Å². The van der Waals surface area contributed by atoms with E-state index in [1.807, 2.05) is 72.8 Å². The van der Waals surface area contributed by atoms with Crippen molar-refractivity contribution < 1.29 is 173 Å². The minimum absolute atomic E-state index is 0.0496. The van der Waals surface area contributed by atoms with Crippen molar-refractivity contribution >= 4 is 44.1 Å². The van der Waals surface area contributed by atoms with E-state index in [1.54, 1.807) is 12.1 Å². The molecule has 21 fully saturated rings. The van der Waals surface area contributed by atoms with Crippen LogP contribution in [0.1, 0.15) is 0 Å². The molecule has 0 saturated carbocycles. The van der Waals surface area contributed by atoms with Crippen LogP contribution in [-0.4, -0.2) is 403 Å². The number of ether oxygens (including phenoxy) is 15. The summed E-state index contributed by atoms with van der Waals surface area (Å²) in [4.78, 5) is 36.9. The number of benzene rings is 4. The first-order valence-corrected chi connectivity index (χ1v) is 37.7. The lowest BCUT2D eigenvalue weighted by molar-refractivity contribution is -0.396. The van der Waals surface area contributed by atoms with Crippen LogP contribution in [0.5, 0.6) is 5.75 Å². The van der Waals surface area contributed by atoms with Gasteiger partial charge in [0.25, 0.3) is 0 Å². The zero-order valence-corrected chi connectivity index (χ0v) is 61.1. The lowest BCUT2D eigenvalue weighted by atomic mass is 9.95. The van der Waals surface area contributed by atoms with Gasteiger partial charge in [-0.05, 0) is 18.2 Å². The van der Waals surface area contributed by atoms with E-state index in [9.17, 15) is 102 Å². The first kappa shape index (κ1) is 82.0. The molecule has 632 valence electrons. The Labute approximate surface area is 658 Å². The number of hydrogen-bond donors (Lipinski definition) is 22. The smallest absolute Gasteiger partial charge is 0.187 e. The summed E-state index contributed by atoms with van der Waals surface area (Å²) in [6, 6.07) is 27.1. The van der Waals surface area contributed by atoms with Gasteiger partial charge >= 0.3 is 0 Å². The fourth-order valence-corrected chi connectivity index (χ4v) is 16.3. The summed E-state index contributed by atoms with van der Waals surface area (Å²) in [6.45, 7) is -7.23. The van der Waals surface area contributed by atoms with Crippen LogP contribution in [0.25, 0.3) is 89.7 Å². The molecule has 0 aliphatic carbocycles. The molecule has 23 aliphatic heterocycles. The summed E-state index contributed by atoms with van der Waals surface area (Å²) in [5, 5.41) is 232. The number of aliphatic hydroxyl groups is 20. The second kappa shape index (κ2) is 33.6. The normalized spacial score (nSPS) is 40.7. The molecular formula is C74H86N8O35. The van der Waals surface area contributed by atoms with Gasteiger partial charge in [0.15, 0.2) is 67.3 Å². The maximum Gasteiger partial charge on any atom is 0.187 e. The quantitative estimate of drug-likeness (QED) is 0.0638. The van der Waals surface area contributed by atoms with Gasteiger partial charge in [0.1, 0.15) is 206 Å². The molecule has 117 heavy (non-hydrogen) atoms. The van der Waals surface area contributed by atoms with E-state index < -0.39 is 261 Å². The number of hydrogen-bond acceptors (Lipinski definition) is 41. The first-order chi connectivity index (χ1) is 56.5. The average Bonchev–Trinajstić information content (AvgIpc) is 1.73. The lowest BCUT2D eigenvalue weighted by Crippen LogP contribution is -2.68. The molecule has 43 nitrogen and oxygen atoms in total. The van der Waals surface area contributed by atoms with E-state index in [0.717, 1.165) is 10.8 Å². The Hall–Kier alpha value is -7.32. The molecular weight excluding hydrogens is 1560 g/mol. The predicted octanol–water partition coefficient (Wildman–Crippen LogP) is -7.96. The predicted molar refractivity (Wildman–Crippen MR) is 383 cm³/mol. The van der Waals surface area contributed by atoms with E-state index in [2.05, 4.69) is 9.97 Å². The third-order valence-corrected chi connectivity index (χ3v) is 22.5. The minimum Gasteiger partial charge on any atom is -0.491 e. The fourth-order valence-electron chi connectivity index (χ4n) is 16.3. The molecule has 4 aromatic carbocycles. The summed E-state index contributed by atoms with van der Waals surface area (Å²) >= 11 is 0. The van der Waals surface area contributed by atoms with Crippen molar-refractivity contribution in [3.05, 3.63) is 91.0 Å². The molecule has 22 N–H and O–H groups in total. The van der Waals surface area contributed by atoms with Crippen LogP contribution in [0.15, 0.2) is 91.0 Å². The largest absolute Gasteiger partial charge is 0.491 e. The maximum atomic E-state index is 12.4. The lowest BCUT2D eigenvalue weighted by Gasteiger charge is -2.50. The standard InChI is InChI=1S/C74H86N8O35/c83-16-32-53-40(90)47(97)69(105-32)113-55-34(18-85)107-71(49(99)42(55)92)115-57-36(20-87)109-73(51(101)44(57)94)117-59-38(110-74(52(102)45(59)95)116-58-37(21-88)108-72(50(100)43(58)93)114-56-35(19-86)106-70(48(98)41(56)91)112-54-33(17-84)104-68(111-53)46(96)39(54)89)22-103-23-13-14-30-31(15-23)67-81-65-29-12-6-5-11-28(29)63(79-65)77-61-25-8-2-1-7-24(25)60(75-61)76-62-26-9-3-4-10-27(26)64(78-62)80-66(30)82-67/h1-15,32-59,68-74,83-102H,16-22H2,(H2,75,76,77,78,79,80,81,82)/t32-,33-,34-,35-,36-,37-,38-,39-,40-,41-,42-,43-,44-,45-,46-,47-,48-,49-,50-,51-,52-,53-,54-,55-,56-,57-,58-,59-,68-,69-,70-,71-,72-,73-,74-/m1/s1. The Balaban J connectivity index is 0.708. The minimum atomic E-state index is -2.31. The molecule has 43 heteroatoms. The van der Waals surface area contributed by atoms with Crippen molar-refractivity contribution in [1.82, 2.24) is 39.9 Å². The molecule has 21 saturated heterocycles. The summed E-state index contributed by atoms with van der Waals surface area (Å²) in [7, 11) is 0. The molecule has 0 amide bonds. The molecule has 22 bridgehead atoms. The zero-order chi connectivity index (χ0) is 81.8. The Morgan fingerprint density at radius 3 is 0.726 bits per heavy atom. The summed E-state index contributed by atoms with van der Waals surface area (Å²) in [6.07, 6.45) is -72.4. The van der Waals surface area contributed by atoms with Gasteiger partial charge in [-0.3, -0.25) is 0 Å². The van der Waals surface area contributed by atoms with Gasteiger partial charge in [-0.25, -0.2) is 29.9 Å². The van der Waals surface area contributed by atoms with Gasteiger partial charge in [-0.2, -0.15) is 0 Å².